The Morgan fingerprint density at radius 2 is 1.76 bits per heavy atom. The third-order valence-corrected chi connectivity index (χ3v) is 4.18. The summed E-state index contributed by atoms with van der Waals surface area (Å²) in [4.78, 5) is 15.0. The minimum Gasteiger partial charge on any atom is -0.444 e. The van der Waals surface area contributed by atoms with Crippen LogP contribution in [0.2, 0.25) is 0 Å². The van der Waals surface area contributed by atoms with E-state index in [1.807, 2.05) is 32.9 Å². The van der Waals surface area contributed by atoms with Gasteiger partial charge >= 0.3 is 6.09 Å². The molecule has 3 N–H and O–H groups in total. The summed E-state index contributed by atoms with van der Waals surface area (Å²) in [7, 11) is 0. The first-order valence-corrected chi connectivity index (χ1v) is 9.03. The van der Waals surface area contributed by atoms with Crippen LogP contribution in [0.15, 0.2) is 40.9 Å². The van der Waals surface area contributed by atoms with Crippen LogP contribution < -0.4 is 10.6 Å². The van der Waals surface area contributed by atoms with Crippen molar-refractivity contribution in [1.29, 1.82) is 0 Å². The second kappa shape index (κ2) is 6.96. The fraction of sp³-hybridized carbons (Fsp3) is 0.316. The van der Waals surface area contributed by atoms with Gasteiger partial charge in [-0.05, 0) is 57.2 Å². The summed E-state index contributed by atoms with van der Waals surface area (Å²) in [5, 5.41) is 8.42. The molecule has 0 atom stereocenters. The molecule has 1 amide bonds. The molecule has 25 heavy (non-hydrogen) atoms. The van der Waals surface area contributed by atoms with Gasteiger partial charge in [0.25, 0.3) is 0 Å². The Morgan fingerprint density at radius 1 is 1.08 bits per heavy atom. The Morgan fingerprint density at radius 3 is 2.48 bits per heavy atom. The number of halogens is 1. The highest BCUT2D eigenvalue weighted by Crippen LogP contribution is 2.29. The van der Waals surface area contributed by atoms with Crippen LogP contribution in [0.25, 0.3) is 21.8 Å². The first-order valence-electron chi connectivity index (χ1n) is 8.23. The highest BCUT2D eigenvalue weighted by molar-refractivity contribution is 9.10. The maximum Gasteiger partial charge on any atom is 0.407 e. The molecular formula is C19H22BrN3O2. The number of amides is 1. The molecular weight excluding hydrogens is 382 g/mol. The predicted octanol–water partition coefficient (Wildman–Crippen LogP) is 5.02. The van der Waals surface area contributed by atoms with Crippen LogP contribution >= 0.6 is 15.9 Å². The van der Waals surface area contributed by atoms with Gasteiger partial charge in [-0.15, -0.1) is 0 Å². The van der Waals surface area contributed by atoms with Crippen molar-refractivity contribution in [2.75, 3.05) is 18.4 Å². The molecule has 0 aliphatic carbocycles. The predicted molar refractivity (Wildman–Crippen MR) is 106 cm³/mol. The highest BCUT2D eigenvalue weighted by Gasteiger charge is 2.15. The van der Waals surface area contributed by atoms with E-state index in [1.165, 1.54) is 10.8 Å². The van der Waals surface area contributed by atoms with Gasteiger partial charge in [-0.3, -0.25) is 0 Å². The van der Waals surface area contributed by atoms with Gasteiger partial charge in [0.1, 0.15) is 5.60 Å². The molecule has 1 heterocycles. The number of carbonyl (C=O) groups is 1. The summed E-state index contributed by atoms with van der Waals surface area (Å²) >= 11 is 3.53. The molecule has 0 saturated heterocycles. The molecule has 0 radical (unpaired) electrons. The molecule has 6 heteroatoms. The Hall–Kier alpha value is -2.21. The van der Waals surface area contributed by atoms with E-state index in [-0.39, 0.29) is 0 Å². The fourth-order valence-electron chi connectivity index (χ4n) is 2.67. The van der Waals surface area contributed by atoms with Gasteiger partial charge in [0.05, 0.1) is 0 Å². The number of hydrogen-bond acceptors (Lipinski definition) is 3. The number of ether oxygens (including phenoxy) is 1. The van der Waals surface area contributed by atoms with Crippen LogP contribution in [-0.4, -0.2) is 29.8 Å². The number of hydrogen-bond donors (Lipinski definition) is 3. The van der Waals surface area contributed by atoms with Crippen LogP contribution in [-0.2, 0) is 4.74 Å². The molecule has 0 aliphatic rings. The topological polar surface area (TPSA) is 66.2 Å². The number of anilines is 1. The Balaban J connectivity index is 1.63. The van der Waals surface area contributed by atoms with E-state index < -0.39 is 11.7 Å². The van der Waals surface area contributed by atoms with E-state index in [0.29, 0.717) is 13.1 Å². The number of carbonyl (C=O) groups excluding carboxylic acids is 1. The van der Waals surface area contributed by atoms with Gasteiger partial charge in [-0.25, -0.2) is 4.79 Å². The molecule has 0 fully saturated rings. The van der Waals surface area contributed by atoms with Crippen molar-refractivity contribution >= 4 is 49.5 Å². The third kappa shape index (κ3) is 4.45. The molecule has 0 spiro atoms. The van der Waals surface area contributed by atoms with Gasteiger partial charge < -0.3 is 20.4 Å². The van der Waals surface area contributed by atoms with E-state index in [1.54, 1.807) is 0 Å². The van der Waals surface area contributed by atoms with E-state index in [9.17, 15) is 4.79 Å². The lowest BCUT2D eigenvalue weighted by Crippen LogP contribution is -2.34. The molecule has 0 unspecified atom stereocenters. The van der Waals surface area contributed by atoms with Crippen molar-refractivity contribution in [2.24, 2.45) is 0 Å². The lowest BCUT2D eigenvalue weighted by atomic mass is 10.1. The molecule has 132 valence electrons. The highest BCUT2D eigenvalue weighted by atomic mass is 79.9. The van der Waals surface area contributed by atoms with E-state index in [0.717, 1.165) is 21.2 Å². The van der Waals surface area contributed by atoms with E-state index in [2.05, 4.69) is 55.8 Å². The van der Waals surface area contributed by atoms with Crippen molar-refractivity contribution in [3.05, 3.63) is 40.9 Å². The van der Waals surface area contributed by atoms with Gasteiger partial charge in [-0.2, -0.15) is 0 Å². The van der Waals surface area contributed by atoms with Crippen molar-refractivity contribution in [3.8, 4) is 0 Å². The summed E-state index contributed by atoms with van der Waals surface area (Å²) in [6.45, 7) is 6.65. The minimum atomic E-state index is -0.480. The van der Waals surface area contributed by atoms with Crippen molar-refractivity contribution in [3.63, 3.8) is 0 Å². The monoisotopic (exact) mass is 403 g/mol. The molecule has 0 saturated carbocycles. The fourth-order valence-corrected chi connectivity index (χ4v) is 3.03. The van der Waals surface area contributed by atoms with E-state index in [4.69, 9.17) is 4.74 Å². The minimum absolute atomic E-state index is 0.397. The van der Waals surface area contributed by atoms with Gasteiger partial charge in [0, 0.05) is 45.1 Å². The zero-order valence-corrected chi connectivity index (χ0v) is 16.2. The number of benzene rings is 2. The number of rotatable bonds is 4. The number of fused-ring (bicyclic) bond motifs is 3. The maximum atomic E-state index is 11.6. The number of nitrogens with one attached hydrogen (secondary N) is 3. The Bertz CT molecular complexity index is 912. The molecule has 5 nitrogen and oxygen atoms in total. The molecule has 0 aliphatic heterocycles. The van der Waals surface area contributed by atoms with Crippen molar-refractivity contribution in [1.82, 2.24) is 10.3 Å². The lowest BCUT2D eigenvalue weighted by molar-refractivity contribution is 0.0530. The first-order chi connectivity index (χ1) is 11.8. The molecule has 0 bridgehead atoms. The Labute approximate surface area is 155 Å². The number of aromatic amines is 1. The summed E-state index contributed by atoms with van der Waals surface area (Å²) in [6, 6.07) is 12.4. The number of alkyl carbamates (subject to hydrolysis) is 1. The Kier molecular flexibility index (Phi) is 4.90. The van der Waals surface area contributed by atoms with Crippen molar-refractivity contribution < 1.29 is 9.53 Å². The van der Waals surface area contributed by atoms with Crippen LogP contribution in [0.1, 0.15) is 20.8 Å². The van der Waals surface area contributed by atoms with Gasteiger partial charge in [-0.1, -0.05) is 15.9 Å². The van der Waals surface area contributed by atoms with Crippen LogP contribution in [0.4, 0.5) is 10.5 Å². The van der Waals surface area contributed by atoms with Gasteiger partial charge in [0.15, 0.2) is 0 Å². The van der Waals surface area contributed by atoms with Crippen molar-refractivity contribution in [2.45, 2.75) is 26.4 Å². The molecule has 1 aromatic heterocycles. The average molecular weight is 404 g/mol. The normalized spacial score (nSPS) is 11.7. The third-order valence-electron chi connectivity index (χ3n) is 3.68. The number of aromatic nitrogens is 1. The van der Waals surface area contributed by atoms with Crippen LogP contribution in [0, 0.1) is 0 Å². The molecule has 3 aromatic rings. The van der Waals surface area contributed by atoms with Crippen LogP contribution in [0.3, 0.4) is 0 Å². The summed E-state index contributed by atoms with van der Waals surface area (Å²) in [5.41, 5.74) is 2.75. The zero-order valence-electron chi connectivity index (χ0n) is 14.6. The summed E-state index contributed by atoms with van der Waals surface area (Å²) < 4.78 is 6.27. The second-order valence-electron chi connectivity index (χ2n) is 6.93. The molecule has 3 rings (SSSR count). The summed E-state index contributed by atoms with van der Waals surface area (Å²) in [6.07, 6.45) is -0.397. The SMILES string of the molecule is CC(C)(C)OC(=O)NCCNc1ccc2[nH]c3ccc(Br)cc3c2c1. The quantitative estimate of drug-likeness (QED) is 0.535. The van der Waals surface area contributed by atoms with Crippen LogP contribution in [0.5, 0.6) is 0 Å². The van der Waals surface area contributed by atoms with E-state index >= 15 is 0 Å². The standard InChI is InChI=1S/C19H22BrN3O2/c1-19(2,3)25-18(24)22-9-8-21-13-5-7-17-15(11-13)14-10-12(20)4-6-16(14)23-17/h4-7,10-11,21,23H,8-9H2,1-3H3,(H,22,24). The smallest absolute Gasteiger partial charge is 0.407 e. The largest absolute Gasteiger partial charge is 0.444 e. The lowest BCUT2D eigenvalue weighted by Gasteiger charge is -2.19. The number of H-pyrrole nitrogens is 1. The zero-order chi connectivity index (χ0) is 18.0. The second-order valence-corrected chi connectivity index (χ2v) is 7.85. The first kappa shape index (κ1) is 17.6. The maximum absolute atomic E-state index is 11.6. The molecule has 2 aromatic carbocycles. The summed E-state index contributed by atoms with van der Waals surface area (Å²) in [5.74, 6) is 0. The van der Waals surface area contributed by atoms with Gasteiger partial charge in [0.2, 0.25) is 0 Å². The average Bonchev–Trinajstić information content (AvgIpc) is 2.87.